The minimum absolute atomic E-state index is 0.153. The lowest BCUT2D eigenvalue weighted by atomic mass is 10.1. The number of hydrogen-bond acceptors (Lipinski definition) is 5. The summed E-state index contributed by atoms with van der Waals surface area (Å²) < 4.78 is 16.6. The van der Waals surface area contributed by atoms with Gasteiger partial charge in [0.05, 0.1) is 19.3 Å². The van der Waals surface area contributed by atoms with Crippen molar-refractivity contribution in [2.24, 2.45) is 0 Å². The van der Waals surface area contributed by atoms with Crippen LogP contribution >= 0.6 is 23.2 Å². The van der Waals surface area contributed by atoms with Crippen LogP contribution in [0.5, 0.6) is 11.5 Å². The van der Waals surface area contributed by atoms with Crippen molar-refractivity contribution < 1.29 is 19.0 Å². The number of alkyl halides is 2. The molecular weight excluding hydrogens is 427 g/mol. The average molecular weight is 453 g/mol. The molecule has 1 aliphatic rings. The summed E-state index contributed by atoms with van der Waals surface area (Å²) in [6.07, 6.45) is -0.271. The van der Waals surface area contributed by atoms with E-state index in [1.54, 1.807) is 4.90 Å². The van der Waals surface area contributed by atoms with Crippen LogP contribution in [-0.2, 0) is 14.3 Å². The highest BCUT2D eigenvalue weighted by Gasteiger charge is 2.31. The maximum atomic E-state index is 12.7. The molecule has 2 aromatic carbocycles. The number of para-hydroxylation sites is 1. The van der Waals surface area contributed by atoms with Gasteiger partial charge in [0, 0.05) is 19.7 Å². The third-order valence-electron chi connectivity index (χ3n) is 4.58. The van der Waals surface area contributed by atoms with Crippen LogP contribution in [0.1, 0.15) is 18.7 Å². The Morgan fingerprint density at radius 2 is 1.83 bits per heavy atom. The number of halogens is 2. The Labute approximate surface area is 187 Å². The lowest BCUT2D eigenvalue weighted by Gasteiger charge is -2.33. The third kappa shape index (κ3) is 6.86. The van der Waals surface area contributed by atoms with Gasteiger partial charge in [-0.25, -0.2) is 0 Å². The topological polar surface area (TPSA) is 63.3 Å². The van der Waals surface area contributed by atoms with Gasteiger partial charge >= 0.3 is 0 Å². The van der Waals surface area contributed by atoms with Crippen molar-refractivity contribution in [3.63, 3.8) is 0 Å². The molecule has 6 nitrogen and oxygen atoms in total. The summed E-state index contributed by atoms with van der Waals surface area (Å²) in [5.41, 5.74) is 0.884. The van der Waals surface area contributed by atoms with Crippen molar-refractivity contribution in [2.75, 3.05) is 32.9 Å². The van der Waals surface area contributed by atoms with E-state index in [0.29, 0.717) is 38.7 Å². The van der Waals surface area contributed by atoms with Gasteiger partial charge in [0.2, 0.25) is 0 Å². The fourth-order valence-corrected chi connectivity index (χ4v) is 3.23. The van der Waals surface area contributed by atoms with Crippen molar-refractivity contribution >= 4 is 29.1 Å². The maximum Gasteiger partial charge on any atom is 0.257 e. The van der Waals surface area contributed by atoms with Crippen LogP contribution in [0.15, 0.2) is 54.6 Å². The van der Waals surface area contributed by atoms with E-state index in [0.717, 1.165) is 11.3 Å². The molecule has 3 rings (SSSR count). The van der Waals surface area contributed by atoms with Crippen LogP contribution in [0, 0.1) is 0 Å². The fraction of sp³-hybridized carbons (Fsp3) is 0.409. The van der Waals surface area contributed by atoms with E-state index in [1.807, 2.05) is 61.5 Å². The minimum atomic E-state index is -1.16. The van der Waals surface area contributed by atoms with Gasteiger partial charge in [-0.2, -0.15) is 0 Å². The Bertz CT molecular complexity index is 785. The molecule has 8 heteroatoms. The molecule has 162 valence electrons. The number of carbonyl (C=O) groups is 1. The van der Waals surface area contributed by atoms with E-state index in [9.17, 15) is 4.79 Å². The SMILES string of the molecule is CCOCCN(C(=O)C(Cl)Cl)C(NCC1CO1)c1ccc(Oc2ccccc2)cc1. The summed E-state index contributed by atoms with van der Waals surface area (Å²) in [5.74, 6) is 1.08. The van der Waals surface area contributed by atoms with Gasteiger partial charge in [0.15, 0.2) is 4.84 Å². The summed E-state index contributed by atoms with van der Waals surface area (Å²) in [6.45, 7) is 4.53. The van der Waals surface area contributed by atoms with Gasteiger partial charge in [0.25, 0.3) is 5.91 Å². The highest BCUT2D eigenvalue weighted by atomic mass is 35.5. The molecule has 2 unspecified atom stereocenters. The van der Waals surface area contributed by atoms with Gasteiger partial charge < -0.3 is 19.1 Å². The number of nitrogens with one attached hydrogen (secondary N) is 1. The predicted octanol–water partition coefficient (Wildman–Crippen LogP) is 4.13. The van der Waals surface area contributed by atoms with Crippen molar-refractivity contribution in [1.29, 1.82) is 0 Å². The van der Waals surface area contributed by atoms with Gasteiger partial charge in [-0.3, -0.25) is 10.1 Å². The highest BCUT2D eigenvalue weighted by molar-refractivity contribution is 6.53. The number of amides is 1. The third-order valence-corrected chi connectivity index (χ3v) is 4.95. The Morgan fingerprint density at radius 3 is 2.43 bits per heavy atom. The van der Waals surface area contributed by atoms with E-state index in [2.05, 4.69) is 5.32 Å². The number of rotatable bonds is 12. The Morgan fingerprint density at radius 1 is 1.17 bits per heavy atom. The monoisotopic (exact) mass is 452 g/mol. The lowest BCUT2D eigenvalue weighted by Crippen LogP contribution is -2.46. The molecule has 0 spiro atoms. The van der Waals surface area contributed by atoms with E-state index >= 15 is 0 Å². The van der Waals surface area contributed by atoms with E-state index in [1.165, 1.54) is 0 Å². The zero-order valence-electron chi connectivity index (χ0n) is 16.8. The molecule has 0 bridgehead atoms. The second kappa shape index (κ2) is 11.5. The number of benzene rings is 2. The van der Waals surface area contributed by atoms with Gasteiger partial charge in [-0.15, -0.1) is 0 Å². The standard InChI is InChI=1S/C22H26Cl2N2O4/c1-2-28-13-12-26(22(27)20(23)24)21(25-14-19-15-29-19)16-8-10-18(11-9-16)30-17-6-4-3-5-7-17/h3-11,19-21,25H,2,12-15H2,1H3. The quantitative estimate of drug-likeness (QED) is 0.227. The molecule has 1 fully saturated rings. The number of nitrogens with zero attached hydrogens (tertiary/aromatic N) is 1. The van der Waals surface area contributed by atoms with Crippen LogP contribution in [0.2, 0.25) is 0 Å². The summed E-state index contributed by atoms with van der Waals surface area (Å²) in [6, 6.07) is 17.1. The highest BCUT2D eigenvalue weighted by Crippen LogP contribution is 2.26. The molecule has 0 radical (unpaired) electrons. The molecule has 1 amide bonds. The van der Waals surface area contributed by atoms with Crippen molar-refractivity contribution in [2.45, 2.75) is 24.0 Å². The average Bonchev–Trinajstić information content (AvgIpc) is 3.58. The van der Waals surface area contributed by atoms with Crippen LogP contribution in [0.25, 0.3) is 0 Å². The largest absolute Gasteiger partial charge is 0.457 e. The lowest BCUT2D eigenvalue weighted by molar-refractivity contribution is -0.133. The summed E-state index contributed by atoms with van der Waals surface area (Å²) in [4.78, 5) is 13.2. The molecule has 1 heterocycles. The Hall–Kier alpha value is -1.83. The zero-order chi connectivity index (χ0) is 21.3. The molecule has 1 N–H and O–H groups in total. The smallest absolute Gasteiger partial charge is 0.257 e. The second-order valence-corrected chi connectivity index (χ2v) is 7.88. The zero-order valence-corrected chi connectivity index (χ0v) is 18.3. The van der Waals surface area contributed by atoms with E-state index < -0.39 is 11.0 Å². The first-order valence-electron chi connectivity index (χ1n) is 9.92. The molecule has 2 aromatic rings. The van der Waals surface area contributed by atoms with Gasteiger partial charge in [0.1, 0.15) is 17.7 Å². The molecule has 2 atom stereocenters. The molecule has 1 aliphatic heterocycles. The van der Waals surface area contributed by atoms with Crippen LogP contribution in [-0.4, -0.2) is 54.7 Å². The molecule has 30 heavy (non-hydrogen) atoms. The van der Waals surface area contributed by atoms with Crippen LogP contribution in [0.4, 0.5) is 0 Å². The number of hydrogen-bond donors (Lipinski definition) is 1. The minimum Gasteiger partial charge on any atom is -0.457 e. The number of carbonyl (C=O) groups excluding carboxylic acids is 1. The molecule has 0 aliphatic carbocycles. The molecular formula is C22H26Cl2N2O4. The molecule has 1 saturated heterocycles. The first kappa shape index (κ1) is 22.8. The fourth-order valence-electron chi connectivity index (χ4n) is 2.98. The predicted molar refractivity (Wildman–Crippen MR) is 117 cm³/mol. The second-order valence-electron chi connectivity index (χ2n) is 6.78. The Balaban J connectivity index is 1.78. The Kier molecular flexibility index (Phi) is 8.78. The molecule has 0 aromatic heterocycles. The molecule has 0 saturated carbocycles. The van der Waals surface area contributed by atoms with E-state index in [4.69, 9.17) is 37.4 Å². The van der Waals surface area contributed by atoms with Crippen molar-refractivity contribution in [1.82, 2.24) is 10.2 Å². The number of epoxide rings is 1. The summed E-state index contributed by atoms with van der Waals surface area (Å²) in [5, 5.41) is 3.40. The normalized spacial score (nSPS) is 16.3. The van der Waals surface area contributed by atoms with Crippen molar-refractivity contribution in [3.05, 3.63) is 60.2 Å². The van der Waals surface area contributed by atoms with Gasteiger partial charge in [-0.05, 0) is 36.8 Å². The number of ether oxygens (including phenoxy) is 3. The van der Waals surface area contributed by atoms with E-state index in [-0.39, 0.29) is 12.0 Å². The van der Waals surface area contributed by atoms with Gasteiger partial charge in [-0.1, -0.05) is 53.5 Å². The summed E-state index contributed by atoms with van der Waals surface area (Å²) >= 11 is 11.8. The van der Waals surface area contributed by atoms with Crippen LogP contribution < -0.4 is 10.1 Å². The van der Waals surface area contributed by atoms with Crippen molar-refractivity contribution in [3.8, 4) is 11.5 Å². The first-order valence-corrected chi connectivity index (χ1v) is 10.8. The van der Waals surface area contributed by atoms with Crippen LogP contribution in [0.3, 0.4) is 0 Å². The maximum absolute atomic E-state index is 12.7. The first-order chi connectivity index (χ1) is 14.6. The summed E-state index contributed by atoms with van der Waals surface area (Å²) in [7, 11) is 0.